The van der Waals surface area contributed by atoms with Gasteiger partial charge in [0, 0.05) is 12.6 Å². The quantitative estimate of drug-likeness (QED) is 0.892. The minimum Gasteiger partial charge on any atom is -0.312 e. The number of nitrogens with one attached hydrogen (secondary N) is 2. The normalized spacial score (nSPS) is 22.6. The average Bonchev–Trinajstić information content (AvgIpc) is 2.37. The van der Waals surface area contributed by atoms with Gasteiger partial charge in [-0.25, -0.2) is 17.5 Å². The molecule has 2 N–H and O–H groups in total. The van der Waals surface area contributed by atoms with Crippen LogP contribution in [0.15, 0.2) is 29.2 Å². The lowest BCUT2D eigenvalue weighted by Crippen LogP contribution is -2.52. The van der Waals surface area contributed by atoms with Gasteiger partial charge in [-0.15, -0.1) is 0 Å². The first-order valence-electron chi connectivity index (χ1n) is 6.80. The summed E-state index contributed by atoms with van der Waals surface area (Å²) in [6.45, 7) is 5.52. The Morgan fingerprint density at radius 3 is 2.60 bits per heavy atom. The molecule has 1 atom stereocenters. The zero-order valence-electron chi connectivity index (χ0n) is 11.8. The first-order valence-corrected chi connectivity index (χ1v) is 8.28. The molecule has 1 saturated heterocycles. The monoisotopic (exact) mass is 300 g/mol. The van der Waals surface area contributed by atoms with Gasteiger partial charge in [0.15, 0.2) is 0 Å². The number of benzene rings is 1. The highest BCUT2D eigenvalue weighted by molar-refractivity contribution is 7.89. The summed E-state index contributed by atoms with van der Waals surface area (Å²) < 4.78 is 39.7. The number of sulfonamides is 1. The summed E-state index contributed by atoms with van der Waals surface area (Å²) in [6.07, 6.45) is 2.18. The fraction of sp³-hybridized carbons (Fsp3) is 0.571. The predicted octanol–water partition coefficient (Wildman–Crippen LogP) is 1.88. The highest BCUT2D eigenvalue weighted by atomic mass is 32.2. The van der Waals surface area contributed by atoms with Crippen LogP contribution in [0.3, 0.4) is 0 Å². The Morgan fingerprint density at radius 1 is 1.35 bits per heavy atom. The Labute approximate surface area is 119 Å². The summed E-state index contributed by atoms with van der Waals surface area (Å²) in [5.41, 5.74) is 0.0591. The molecule has 0 radical (unpaired) electrons. The summed E-state index contributed by atoms with van der Waals surface area (Å²) >= 11 is 0. The molecule has 1 aromatic carbocycles. The molecule has 1 unspecified atom stereocenters. The minimum atomic E-state index is -3.58. The van der Waals surface area contributed by atoms with Crippen LogP contribution in [0.5, 0.6) is 0 Å². The van der Waals surface area contributed by atoms with Crippen molar-refractivity contribution in [2.75, 3.05) is 13.1 Å². The number of hydrogen-bond donors (Lipinski definition) is 2. The van der Waals surface area contributed by atoms with E-state index in [1.165, 1.54) is 12.1 Å². The average molecular weight is 300 g/mol. The Hall–Kier alpha value is -0.980. The van der Waals surface area contributed by atoms with Gasteiger partial charge in [-0.2, -0.15) is 0 Å². The van der Waals surface area contributed by atoms with Gasteiger partial charge < -0.3 is 5.32 Å². The first-order chi connectivity index (χ1) is 9.31. The second-order valence-electron chi connectivity index (χ2n) is 5.90. The fourth-order valence-electron chi connectivity index (χ4n) is 2.51. The van der Waals surface area contributed by atoms with Crippen molar-refractivity contribution in [1.82, 2.24) is 10.0 Å². The molecule has 1 aromatic rings. The number of halogens is 1. The molecule has 0 bridgehead atoms. The summed E-state index contributed by atoms with van der Waals surface area (Å²) in [5.74, 6) is -0.445. The van der Waals surface area contributed by atoms with E-state index in [0.29, 0.717) is 6.54 Å². The van der Waals surface area contributed by atoms with Crippen molar-refractivity contribution in [2.24, 2.45) is 5.41 Å². The number of piperidine rings is 1. The van der Waals surface area contributed by atoms with E-state index in [1.807, 2.05) is 0 Å². The molecule has 0 spiro atoms. The molecular formula is C14H21FN2O2S. The van der Waals surface area contributed by atoms with E-state index in [-0.39, 0.29) is 16.4 Å². The molecule has 112 valence electrons. The van der Waals surface area contributed by atoms with E-state index in [1.54, 1.807) is 0 Å². The Kier molecular flexibility index (Phi) is 4.46. The van der Waals surface area contributed by atoms with E-state index < -0.39 is 15.8 Å². The van der Waals surface area contributed by atoms with Gasteiger partial charge in [-0.1, -0.05) is 13.8 Å². The van der Waals surface area contributed by atoms with Gasteiger partial charge in [0.2, 0.25) is 10.0 Å². The summed E-state index contributed by atoms with van der Waals surface area (Å²) in [7, 11) is -3.58. The van der Waals surface area contributed by atoms with Crippen LogP contribution in [0.4, 0.5) is 4.39 Å². The molecule has 2 rings (SSSR count). The SMILES string of the molecule is CC1(C)CCCNC1CNS(=O)(=O)c1ccc(F)cc1. The number of rotatable bonds is 4. The molecule has 6 heteroatoms. The Balaban J connectivity index is 2.04. The molecule has 4 nitrogen and oxygen atoms in total. The predicted molar refractivity (Wildman–Crippen MR) is 76.4 cm³/mol. The van der Waals surface area contributed by atoms with Crippen LogP contribution < -0.4 is 10.0 Å². The summed E-state index contributed by atoms with van der Waals surface area (Å²) in [5, 5.41) is 3.36. The maximum absolute atomic E-state index is 12.8. The molecule has 20 heavy (non-hydrogen) atoms. The van der Waals surface area contributed by atoms with E-state index in [4.69, 9.17) is 0 Å². The third-order valence-corrected chi connectivity index (χ3v) is 5.37. The van der Waals surface area contributed by atoms with Gasteiger partial charge in [-0.05, 0) is 49.1 Å². The van der Waals surface area contributed by atoms with Crippen molar-refractivity contribution in [2.45, 2.75) is 37.6 Å². The lowest BCUT2D eigenvalue weighted by Gasteiger charge is -2.39. The Bertz CT molecular complexity index is 555. The standard InChI is InChI=1S/C14H21FN2O2S/c1-14(2)8-3-9-16-13(14)10-17-20(18,19)12-6-4-11(15)5-7-12/h4-7,13,16-17H,3,8-10H2,1-2H3. The fourth-order valence-corrected chi connectivity index (χ4v) is 3.56. The highest BCUT2D eigenvalue weighted by Gasteiger charge is 2.32. The molecule has 0 amide bonds. The van der Waals surface area contributed by atoms with Crippen LogP contribution in [0.2, 0.25) is 0 Å². The van der Waals surface area contributed by atoms with Crippen molar-refractivity contribution in [3.05, 3.63) is 30.1 Å². The van der Waals surface area contributed by atoms with Gasteiger partial charge in [-0.3, -0.25) is 0 Å². The molecule has 1 aliphatic rings. The van der Waals surface area contributed by atoms with Crippen LogP contribution in [-0.2, 0) is 10.0 Å². The zero-order chi connectivity index (χ0) is 14.8. The van der Waals surface area contributed by atoms with Gasteiger partial charge in [0.1, 0.15) is 5.82 Å². The van der Waals surface area contributed by atoms with Crippen LogP contribution >= 0.6 is 0 Å². The largest absolute Gasteiger partial charge is 0.312 e. The number of hydrogen-bond acceptors (Lipinski definition) is 3. The lowest BCUT2D eigenvalue weighted by molar-refractivity contribution is 0.181. The zero-order valence-corrected chi connectivity index (χ0v) is 12.6. The van der Waals surface area contributed by atoms with Crippen LogP contribution in [0.1, 0.15) is 26.7 Å². The molecule has 0 aromatic heterocycles. The Morgan fingerprint density at radius 2 is 2.00 bits per heavy atom. The molecule has 0 saturated carbocycles. The van der Waals surface area contributed by atoms with E-state index in [9.17, 15) is 12.8 Å². The van der Waals surface area contributed by atoms with Crippen molar-refractivity contribution >= 4 is 10.0 Å². The van der Waals surface area contributed by atoms with Crippen molar-refractivity contribution in [3.63, 3.8) is 0 Å². The second kappa shape index (κ2) is 5.79. The van der Waals surface area contributed by atoms with Crippen LogP contribution in [-0.4, -0.2) is 27.5 Å². The third-order valence-electron chi connectivity index (χ3n) is 3.93. The smallest absolute Gasteiger partial charge is 0.240 e. The molecule has 1 fully saturated rings. The van der Waals surface area contributed by atoms with Crippen LogP contribution in [0.25, 0.3) is 0 Å². The minimum absolute atomic E-state index is 0.0591. The summed E-state index contributed by atoms with van der Waals surface area (Å²) in [4.78, 5) is 0.0903. The first kappa shape index (κ1) is 15.4. The van der Waals surface area contributed by atoms with Crippen molar-refractivity contribution in [1.29, 1.82) is 0 Å². The topological polar surface area (TPSA) is 58.2 Å². The molecular weight excluding hydrogens is 279 g/mol. The van der Waals surface area contributed by atoms with Gasteiger partial charge in [0.05, 0.1) is 4.90 Å². The van der Waals surface area contributed by atoms with E-state index >= 15 is 0 Å². The third kappa shape index (κ3) is 3.56. The maximum Gasteiger partial charge on any atom is 0.240 e. The van der Waals surface area contributed by atoms with Crippen molar-refractivity contribution in [3.8, 4) is 0 Å². The lowest BCUT2D eigenvalue weighted by atomic mass is 9.78. The summed E-state index contributed by atoms with van der Waals surface area (Å²) in [6, 6.07) is 4.95. The molecule has 1 aliphatic heterocycles. The van der Waals surface area contributed by atoms with Gasteiger partial charge in [0.25, 0.3) is 0 Å². The second-order valence-corrected chi connectivity index (χ2v) is 7.67. The van der Waals surface area contributed by atoms with E-state index in [2.05, 4.69) is 23.9 Å². The van der Waals surface area contributed by atoms with E-state index in [0.717, 1.165) is 31.5 Å². The highest BCUT2D eigenvalue weighted by Crippen LogP contribution is 2.29. The van der Waals surface area contributed by atoms with Crippen molar-refractivity contribution < 1.29 is 12.8 Å². The molecule has 1 heterocycles. The maximum atomic E-state index is 12.8. The molecule has 0 aliphatic carbocycles. The van der Waals surface area contributed by atoms with Gasteiger partial charge >= 0.3 is 0 Å². The van der Waals surface area contributed by atoms with Crippen LogP contribution in [0, 0.1) is 11.2 Å².